The minimum absolute atomic E-state index is 0.473. The van der Waals surface area contributed by atoms with Crippen molar-refractivity contribution in [3.8, 4) is 0 Å². The van der Waals surface area contributed by atoms with Gasteiger partial charge in [0.2, 0.25) is 0 Å². The summed E-state index contributed by atoms with van der Waals surface area (Å²) in [6.45, 7) is 7.02. The molecule has 0 unspecified atom stereocenters. The summed E-state index contributed by atoms with van der Waals surface area (Å²) in [5.41, 5.74) is 0.744. The van der Waals surface area contributed by atoms with E-state index in [2.05, 4.69) is 19.2 Å². The summed E-state index contributed by atoms with van der Waals surface area (Å²) in [6, 6.07) is 9.22. The molecule has 4 nitrogen and oxygen atoms in total. The summed E-state index contributed by atoms with van der Waals surface area (Å²) in [7, 11) is 0. The van der Waals surface area contributed by atoms with Crippen LogP contribution in [-0.2, 0) is 9.59 Å². The molecule has 104 valence electrons. The minimum Gasteiger partial charge on any atom is -0.348 e. The standard InChI is InChI=1S/C15H22N2O2/c1-4-17(13-8-6-5-7-9-13)15(19)14(18)16-11-10-12(2)3/h5-9,12H,4,10-11H2,1-3H3,(H,16,18). The molecule has 0 aliphatic heterocycles. The molecule has 0 radical (unpaired) electrons. The first-order valence-electron chi connectivity index (χ1n) is 6.71. The molecule has 1 N–H and O–H groups in total. The van der Waals surface area contributed by atoms with E-state index in [0.717, 1.165) is 12.1 Å². The number of nitrogens with one attached hydrogen (secondary N) is 1. The first-order valence-corrected chi connectivity index (χ1v) is 6.71. The number of anilines is 1. The number of carbonyl (C=O) groups is 2. The van der Waals surface area contributed by atoms with Crippen molar-refractivity contribution in [1.82, 2.24) is 5.32 Å². The van der Waals surface area contributed by atoms with E-state index in [1.54, 1.807) is 0 Å². The molecule has 0 fully saturated rings. The van der Waals surface area contributed by atoms with Crippen molar-refractivity contribution >= 4 is 17.5 Å². The van der Waals surface area contributed by atoms with Gasteiger partial charge in [0.25, 0.3) is 0 Å². The molecule has 2 amide bonds. The molecule has 0 aliphatic carbocycles. The van der Waals surface area contributed by atoms with Crippen LogP contribution in [0.1, 0.15) is 27.2 Å². The van der Waals surface area contributed by atoms with Crippen LogP contribution in [-0.4, -0.2) is 24.9 Å². The second kappa shape index (κ2) is 7.56. The molecule has 0 heterocycles. The Bertz CT molecular complexity index is 415. The van der Waals surface area contributed by atoms with E-state index in [-0.39, 0.29) is 0 Å². The monoisotopic (exact) mass is 262 g/mol. The largest absolute Gasteiger partial charge is 0.348 e. The Kier molecular flexibility index (Phi) is 6.06. The lowest BCUT2D eigenvalue weighted by Crippen LogP contribution is -2.43. The fourth-order valence-corrected chi connectivity index (χ4v) is 1.72. The van der Waals surface area contributed by atoms with Gasteiger partial charge in [0.15, 0.2) is 0 Å². The Morgan fingerprint density at radius 3 is 2.37 bits per heavy atom. The Balaban J connectivity index is 2.61. The van der Waals surface area contributed by atoms with Gasteiger partial charge in [-0.3, -0.25) is 9.59 Å². The van der Waals surface area contributed by atoms with Crippen molar-refractivity contribution < 1.29 is 9.59 Å². The maximum absolute atomic E-state index is 12.1. The molecule has 1 rings (SSSR count). The molecule has 0 saturated heterocycles. The number of hydrogen-bond donors (Lipinski definition) is 1. The van der Waals surface area contributed by atoms with Crippen molar-refractivity contribution in [1.29, 1.82) is 0 Å². The van der Waals surface area contributed by atoms with Crippen LogP contribution in [0.4, 0.5) is 5.69 Å². The van der Waals surface area contributed by atoms with Gasteiger partial charge in [0.1, 0.15) is 0 Å². The third kappa shape index (κ3) is 4.73. The smallest absolute Gasteiger partial charge is 0.316 e. The highest BCUT2D eigenvalue weighted by atomic mass is 16.2. The highest BCUT2D eigenvalue weighted by Gasteiger charge is 2.21. The molecule has 1 aromatic rings. The van der Waals surface area contributed by atoms with E-state index in [9.17, 15) is 9.59 Å². The number of carbonyl (C=O) groups excluding carboxylic acids is 2. The normalized spacial score (nSPS) is 10.3. The maximum atomic E-state index is 12.1. The summed E-state index contributed by atoms with van der Waals surface area (Å²) in [5, 5.41) is 2.67. The van der Waals surface area contributed by atoms with Gasteiger partial charge >= 0.3 is 11.8 Å². The summed E-state index contributed by atoms with van der Waals surface area (Å²) < 4.78 is 0. The van der Waals surface area contributed by atoms with Gasteiger partial charge < -0.3 is 10.2 Å². The van der Waals surface area contributed by atoms with Crippen LogP contribution in [0, 0.1) is 5.92 Å². The van der Waals surface area contributed by atoms with E-state index in [0.29, 0.717) is 19.0 Å². The van der Waals surface area contributed by atoms with Gasteiger partial charge in [0.05, 0.1) is 0 Å². The molecule has 1 aromatic carbocycles. The Morgan fingerprint density at radius 1 is 1.21 bits per heavy atom. The van der Waals surface area contributed by atoms with E-state index in [1.165, 1.54) is 4.90 Å². The second-order valence-electron chi connectivity index (χ2n) is 4.82. The van der Waals surface area contributed by atoms with Gasteiger partial charge in [-0.2, -0.15) is 0 Å². The molecule has 4 heteroatoms. The van der Waals surface area contributed by atoms with Crippen LogP contribution in [0.5, 0.6) is 0 Å². The lowest BCUT2D eigenvalue weighted by Gasteiger charge is -2.20. The van der Waals surface area contributed by atoms with Gasteiger partial charge in [-0.05, 0) is 31.4 Å². The lowest BCUT2D eigenvalue weighted by atomic mass is 10.1. The zero-order chi connectivity index (χ0) is 14.3. The van der Waals surface area contributed by atoms with Crippen LogP contribution >= 0.6 is 0 Å². The predicted octanol–water partition coefficient (Wildman–Crippen LogP) is 2.20. The van der Waals surface area contributed by atoms with Crippen LogP contribution in [0.15, 0.2) is 30.3 Å². The summed E-state index contributed by atoms with van der Waals surface area (Å²) in [4.78, 5) is 25.3. The fraction of sp³-hybridized carbons (Fsp3) is 0.467. The molecule has 0 bridgehead atoms. The number of amides is 2. The van der Waals surface area contributed by atoms with Crippen molar-refractivity contribution in [3.05, 3.63) is 30.3 Å². The van der Waals surface area contributed by atoms with E-state index >= 15 is 0 Å². The molecule has 0 aromatic heterocycles. The number of nitrogens with zero attached hydrogens (tertiary/aromatic N) is 1. The SMILES string of the molecule is CCN(C(=O)C(=O)NCCC(C)C)c1ccccc1. The molecular weight excluding hydrogens is 240 g/mol. The van der Waals surface area contributed by atoms with Gasteiger partial charge in [-0.1, -0.05) is 32.0 Å². The number of para-hydroxylation sites is 1. The highest BCUT2D eigenvalue weighted by molar-refractivity contribution is 6.40. The highest BCUT2D eigenvalue weighted by Crippen LogP contribution is 2.12. The minimum atomic E-state index is -0.536. The second-order valence-corrected chi connectivity index (χ2v) is 4.82. The quantitative estimate of drug-likeness (QED) is 0.827. The molecule has 19 heavy (non-hydrogen) atoms. The molecular formula is C15H22N2O2. The van der Waals surface area contributed by atoms with Crippen molar-refractivity contribution in [2.75, 3.05) is 18.0 Å². The van der Waals surface area contributed by atoms with Crippen LogP contribution < -0.4 is 10.2 Å². The lowest BCUT2D eigenvalue weighted by molar-refractivity contribution is -0.137. The maximum Gasteiger partial charge on any atom is 0.316 e. The summed E-state index contributed by atoms with van der Waals surface area (Å²) in [6.07, 6.45) is 0.872. The van der Waals surface area contributed by atoms with Gasteiger partial charge in [-0.25, -0.2) is 0 Å². The zero-order valence-corrected chi connectivity index (χ0v) is 11.8. The number of hydrogen-bond acceptors (Lipinski definition) is 2. The Morgan fingerprint density at radius 2 is 1.84 bits per heavy atom. The third-order valence-electron chi connectivity index (χ3n) is 2.83. The van der Waals surface area contributed by atoms with Crippen molar-refractivity contribution in [3.63, 3.8) is 0 Å². The van der Waals surface area contributed by atoms with Crippen molar-refractivity contribution in [2.24, 2.45) is 5.92 Å². The summed E-state index contributed by atoms with van der Waals surface area (Å²) >= 11 is 0. The van der Waals surface area contributed by atoms with Crippen LogP contribution in [0.25, 0.3) is 0 Å². The number of likely N-dealkylation sites (N-methyl/N-ethyl adjacent to an activating group) is 1. The zero-order valence-electron chi connectivity index (χ0n) is 11.8. The van der Waals surface area contributed by atoms with Crippen LogP contribution in [0.3, 0.4) is 0 Å². The molecule has 0 spiro atoms. The fourth-order valence-electron chi connectivity index (χ4n) is 1.72. The average Bonchev–Trinajstić information content (AvgIpc) is 2.40. The number of benzene rings is 1. The third-order valence-corrected chi connectivity index (χ3v) is 2.83. The first kappa shape index (κ1) is 15.2. The van der Waals surface area contributed by atoms with Gasteiger partial charge in [0, 0.05) is 18.8 Å². The molecule has 0 atom stereocenters. The van der Waals surface area contributed by atoms with Gasteiger partial charge in [-0.15, -0.1) is 0 Å². The predicted molar refractivity (Wildman–Crippen MR) is 76.9 cm³/mol. The van der Waals surface area contributed by atoms with E-state index < -0.39 is 11.8 Å². The number of rotatable bonds is 5. The Hall–Kier alpha value is -1.84. The molecule has 0 aliphatic rings. The topological polar surface area (TPSA) is 49.4 Å². The van der Waals surface area contributed by atoms with Crippen molar-refractivity contribution in [2.45, 2.75) is 27.2 Å². The summed E-state index contributed by atoms with van der Waals surface area (Å²) in [5.74, 6) is -0.532. The van der Waals surface area contributed by atoms with Crippen LogP contribution in [0.2, 0.25) is 0 Å². The first-order chi connectivity index (χ1) is 9.06. The Labute approximate surface area is 114 Å². The average molecular weight is 262 g/mol. The molecule has 0 saturated carbocycles. The van der Waals surface area contributed by atoms with E-state index in [1.807, 2.05) is 37.3 Å². The van der Waals surface area contributed by atoms with E-state index in [4.69, 9.17) is 0 Å².